The molecule has 4 rings (SSSR count). The molecule has 0 radical (unpaired) electrons. The Morgan fingerprint density at radius 3 is 3.22 bits per heavy atom. The first-order valence-corrected chi connectivity index (χ1v) is 7.69. The van der Waals surface area contributed by atoms with E-state index < -0.39 is 0 Å². The molecular formula is C15H18N7O+. The number of rotatable bonds is 1. The van der Waals surface area contributed by atoms with Crippen LogP contribution >= 0.6 is 0 Å². The Hall–Kier alpha value is -2.61. The average Bonchev–Trinajstić information content (AvgIpc) is 2.91. The Bertz CT molecular complexity index is 728. The molecule has 4 heterocycles. The number of aliphatic hydroxyl groups excluding tert-OH is 1. The van der Waals surface area contributed by atoms with Crippen molar-refractivity contribution in [1.29, 1.82) is 5.41 Å². The number of fused-ring (bicyclic) bond motifs is 1. The van der Waals surface area contributed by atoms with Crippen molar-refractivity contribution in [2.45, 2.75) is 25.1 Å². The molecule has 0 aromatic rings. The number of nitrogens with one attached hydrogen (secondary N) is 2. The van der Waals surface area contributed by atoms with E-state index in [0.717, 1.165) is 36.5 Å². The van der Waals surface area contributed by atoms with E-state index in [1.165, 1.54) is 0 Å². The van der Waals surface area contributed by atoms with Gasteiger partial charge in [-0.2, -0.15) is 0 Å². The monoisotopic (exact) mass is 312 g/mol. The summed E-state index contributed by atoms with van der Waals surface area (Å²) in [5.41, 5.74) is 1.51. The van der Waals surface area contributed by atoms with E-state index in [4.69, 9.17) is 5.41 Å². The standard InChI is InChI=1S/C15H18N7O/c16-14-13(15-17-4-2-6-22(15)20-14)11-7-12(19-9-18-11)21-5-1-3-10(23)8-21/h2,4,6-7,9-10,15-16,23H,1,3,5,8H2,(H,18,19)/q+1. The maximum absolute atomic E-state index is 9.85. The van der Waals surface area contributed by atoms with Gasteiger partial charge in [0.25, 0.3) is 0 Å². The second kappa shape index (κ2) is 5.54. The lowest BCUT2D eigenvalue weighted by Crippen LogP contribution is -2.38. The second-order valence-electron chi connectivity index (χ2n) is 5.82. The first-order chi connectivity index (χ1) is 11.2. The van der Waals surface area contributed by atoms with Crippen molar-refractivity contribution in [3.05, 3.63) is 35.4 Å². The fraction of sp³-hybridized carbons (Fsp3) is 0.400. The smallest absolute Gasteiger partial charge is 0.308 e. The lowest BCUT2D eigenvalue weighted by molar-refractivity contribution is -0.542. The number of piperidine rings is 1. The van der Waals surface area contributed by atoms with Crippen LogP contribution in [0, 0.1) is 5.41 Å². The highest BCUT2D eigenvalue weighted by atomic mass is 16.3. The fourth-order valence-electron chi connectivity index (χ4n) is 3.13. The number of nitrogens with zero attached hydrogens (tertiary/aromatic N) is 5. The summed E-state index contributed by atoms with van der Waals surface area (Å²) in [5, 5.41) is 25.3. The van der Waals surface area contributed by atoms with Gasteiger partial charge in [0.05, 0.1) is 18.1 Å². The topological polar surface area (TPSA) is 99.4 Å². The van der Waals surface area contributed by atoms with Crippen molar-refractivity contribution in [3.63, 3.8) is 0 Å². The van der Waals surface area contributed by atoms with Gasteiger partial charge in [0, 0.05) is 36.6 Å². The average molecular weight is 312 g/mol. The van der Waals surface area contributed by atoms with Gasteiger partial charge in [0.15, 0.2) is 0 Å². The molecule has 0 spiro atoms. The first-order valence-electron chi connectivity index (χ1n) is 7.69. The summed E-state index contributed by atoms with van der Waals surface area (Å²) in [5.74, 6) is 0.998. The van der Waals surface area contributed by atoms with Gasteiger partial charge >= 0.3 is 6.17 Å². The molecule has 0 saturated carbocycles. The summed E-state index contributed by atoms with van der Waals surface area (Å²) in [6.07, 6.45) is 10.0. The minimum atomic E-state index is -0.311. The number of hydrogen-bond donors (Lipinski definition) is 3. The predicted octanol–water partition coefficient (Wildman–Crippen LogP) is 0.550. The molecule has 3 N–H and O–H groups in total. The van der Waals surface area contributed by atoms with Crippen LogP contribution < -0.4 is 5.32 Å². The molecular weight excluding hydrogens is 294 g/mol. The van der Waals surface area contributed by atoms with Gasteiger partial charge in [-0.05, 0) is 12.8 Å². The van der Waals surface area contributed by atoms with Crippen LogP contribution in [0.4, 0.5) is 0 Å². The Labute approximate surface area is 133 Å². The minimum absolute atomic E-state index is 0.200. The summed E-state index contributed by atoms with van der Waals surface area (Å²) in [6, 6.07) is 0. The van der Waals surface area contributed by atoms with Gasteiger partial charge in [-0.15, -0.1) is 0 Å². The van der Waals surface area contributed by atoms with E-state index in [0.29, 0.717) is 6.54 Å². The molecule has 2 atom stereocenters. The zero-order valence-corrected chi connectivity index (χ0v) is 12.6. The number of azo groups is 2. The molecule has 1 saturated heterocycles. The van der Waals surface area contributed by atoms with E-state index in [2.05, 4.69) is 25.3 Å². The summed E-state index contributed by atoms with van der Waals surface area (Å²) in [6.45, 7) is 1.46. The Morgan fingerprint density at radius 2 is 2.35 bits per heavy atom. The third-order valence-corrected chi connectivity index (χ3v) is 4.23. The number of allylic oxidation sites excluding steroid dienone is 2. The van der Waals surface area contributed by atoms with Crippen molar-refractivity contribution >= 4 is 18.4 Å². The van der Waals surface area contributed by atoms with E-state index in [-0.39, 0.29) is 18.1 Å². The highest BCUT2D eigenvalue weighted by Gasteiger charge is 2.40. The van der Waals surface area contributed by atoms with Crippen LogP contribution in [-0.2, 0) is 0 Å². The number of β-amino-alcohol motifs (C(OH)–C–C–N with tert-alkyl or cyclic N) is 1. The number of hydrogen-bond acceptors (Lipinski definition) is 6. The van der Waals surface area contributed by atoms with Crippen LogP contribution in [0.2, 0.25) is 0 Å². The SMILES string of the molecule is N=C1N=[N+]2C=CC=NC2C1=C1C=C(N2CCCC(O)C2)N=CN1. The Kier molecular flexibility index (Phi) is 3.38. The van der Waals surface area contributed by atoms with Gasteiger partial charge in [-0.25, -0.2) is 9.98 Å². The fourth-order valence-corrected chi connectivity index (χ4v) is 3.13. The highest BCUT2D eigenvalue weighted by molar-refractivity contribution is 5.99. The number of aliphatic imine (C=N–C) groups is 2. The number of likely N-dealkylation sites (tertiary alicyclic amines) is 1. The minimum Gasteiger partial charge on any atom is -0.391 e. The largest absolute Gasteiger partial charge is 0.391 e. The Balaban J connectivity index is 1.67. The molecule has 118 valence electrons. The van der Waals surface area contributed by atoms with Gasteiger partial charge in [-0.3, -0.25) is 5.41 Å². The van der Waals surface area contributed by atoms with Crippen LogP contribution in [0.3, 0.4) is 0 Å². The highest BCUT2D eigenvalue weighted by Crippen LogP contribution is 2.26. The van der Waals surface area contributed by atoms with Crippen molar-refractivity contribution in [1.82, 2.24) is 10.2 Å². The van der Waals surface area contributed by atoms with E-state index in [9.17, 15) is 5.11 Å². The van der Waals surface area contributed by atoms with Gasteiger partial charge < -0.3 is 15.3 Å². The quantitative estimate of drug-likeness (QED) is 0.616. The molecule has 0 aliphatic carbocycles. The summed E-state index contributed by atoms with van der Waals surface area (Å²) in [4.78, 5) is 10.9. The van der Waals surface area contributed by atoms with Crippen LogP contribution in [0.15, 0.2) is 50.5 Å². The maximum Gasteiger partial charge on any atom is 0.308 e. The van der Waals surface area contributed by atoms with Crippen molar-refractivity contribution in [2.75, 3.05) is 13.1 Å². The molecule has 0 amide bonds. The molecule has 0 bridgehead atoms. The summed E-state index contributed by atoms with van der Waals surface area (Å²) in [7, 11) is 0. The molecule has 8 nitrogen and oxygen atoms in total. The molecule has 4 aliphatic heterocycles. The number of amidine groups is 1. The van der Waals surface area contributed by atoms with Gasteiger partial charge in [-0.1, -0.05) is 4.70 Å². The predicted molar refractivity (Wildman–Crippen MR) is 85.4 cm³/mol. The van der Waals surface area contributed by atoms with Crippen molar-refractivity contribution in [3.8, 4) is 0 Å². The number of aliphatic hydroxyl groups is 1. The lowest BCUT2D eigenvalue weighted by Gasteiger charge is -2.32. The molecule has 2 unspecified atom stereocenters. The molecule has 1 fully saturated rings. The van der Waals surface area contributed by atoms with Crippen LogP contribution in [0.5, 0.6) is 0 Å². The van der Waals surface area contributed by atoms with Crippen molar-refractivity contribution < 1.29 is 9.80 Å². The van der Waals surface area contributed by atoms with Gasteiger partial charge in [0.1, 0.15) is 11.4 Å². The maximum atomic E-state index is 9.85. The molecule has 4 aliphatic rings. The third-order valence-electron chi connectivity index (χ3n) is 4.23. The van der Waals surface area contributed by atoms with Crippen LogP contribution in [-0.4, -0.2) is 58.5 Å². The van der Waals surface area contributed by atoms with Crippen LogP contribution in [0.1, 0.15) is 12.8 Å². The van der Waals surface area contributed by atoms with Gasteiger partial charge in [0.2, 0.25) is 12.0 Å². The Morgan fingerprint density at radius 1 is 1.43 bits per heavy atom. The normalized spacial score (nSPS) is 32.6. The van der Waals surface area contributed by atoms with Crippen LogP contribution in [0.25, 0.3) is 0 Å². The van der Waals surface area contributed by atoms with E-state index >= 15 is 0 Å². The first kappa shape index (κ1) is 14.0. The third kappa shape index (κ3) is 2.50. The summed E-state index contributed by atoms with van der Waals surface area (Å²) >= 11 is 0. The zero-order chi connectivity index (χ0) is 15.8. The molecule has 0 aromatic carbocycles. The van der Waals surface area contributed by atoms with Crippen molar-refractivity contribution in [2.24, 2.45) is 15.1 Å². The zero-order valence-electron chi connectivity index (χ0n) is 12.6. The lowest BCUT2D eigenvalue weighted by atomic mass is 10.1. The summed E-state index contributed by atoms with van der Waals surface area (Å²) < 4.78 is 1.68. The van der Waals surface area contributed by atoms with E-state index in [1.54, 1.807) is 23.3 Å². The van der Waals surface area contributed by atoms with E-state index in [1.807, 2.05) is 12.3 Å². The molecule has 23 heavy (non-hydrogen) atoms. The molecule has 0 aromatic heterocycles. The second-order valence-corrected chi connectivity index (χ2v) is 5.82. The molecule has 8 heteroatoms.